The molecule has 4 atom stereocenters. The van der Waals surface area contributed by atoms with Crippen molar-refractivity contribution in [3.63, 3.8) is 0 Å². The standard InChI is InChI=1S/C34H44N2O7/c1-17(37)24-30(40)27(36(4)5)22-13-20-12-21-23(35(2)3)14-19(9-6-8-18-15-33(16-18)10-7-11-33)28(38)26(21)29(39)25(20)32(42)34(22,43)31(24)41/h14,18,20,22,27,38-39,41,43H,6-13,15-16H2,1-5H3/t20-,22-,27-,34+/m0/s1. The molecule has 0 saturated heterocycles. The third kappa shape index (κ3) is 4.29. The van der Waals surface area contributed by atoms with E-state index >= 15 is 0 Å². The van der Waals surface area contributed by atoms with E-state index in [0.717, 1.165) is 31.4 Å². The van der Waals surface area contributed by atoms with Gasteiger partial charge in [-0.2, -0.15) is 0 Å². The van der Waals surface area contributed by atoms with E-state index in [4.69, 9.17) is 0 Å². The highest BCUT2D eigenvalue weighted by atomic mass is 16.3. The first-order valence-corrected chi connectivity index (χ1v) is 15.6. The molecule has 1 aromatic carbocycles. The van der Waals surface area contributed by atoms with Crippen molar-refractivity contribution in [3.05, 3.63) is 39.7 Å². The van der Waals surface area contributed by atoms with Gasteiger partial charge in [0.15, 0.2) is 17.2 Å². The van der Waals surface area contributed by atoms with Crippen molar-refractivity contribution in [2.75, 3.05) is 33.1 Å². The van der Waals surface area contributed by atoms with Gasteiger partial charge in [0.2, 0.25) is 5.78 Å². The van der Waals surface area contributed by atoms with Crippen molar-refractivity contribution in [1.29, 1.82) is 0 Å². The molecule has 4 N–H and O–H groups in total. The molecule has 0 bridgehead atoms. The summed E-state index contributed by atoms with van der Waals surface area (Å²) >= 11 is 0. The van der Waals surface area contributed by atoms with Gasteiger partial charge in [0.25, 0.3) is 0 Å². The van der Waals surface area contributed by atoms with Gasteiger partial charge in [-0.15, -0.1) is 0 Å². The van der Waals surface area contributed by atoms with Crippen molar-refractivity contribution >= 4 is 28.8 Å². The highest BCUT2D eigenvalue weighted by molar-refractivity contribution is 6.25. The van der Waals surface area contributed by atoms with Gasteiger partial charge >= 0.3 is 0 Å². The van der Waals surface area contributed by atoms with Crippen LogP contribution in [-0.4, -0.2) is 82.5 Å². The molecule has 9 heteroatoms. The number of fused-ring (bicyclic) bond motifs is 3. The fraction of sp³-hybridized carbons (Fsp3) is 0.618. The van der Waals surface area contributed by atoms with E-state index in [1.54, 1.807) is 19.0 Å². The normalized spacial score (nSPS) is 29.7. The van der Waals surface area contributed by atoms with Crippen LogP contribution in [0.3, 0.4) is 0 Å². The lowest BCUT2D eigenvalue weighted by Gasteiger charge is -2.54. The van der Waals surface area contributed by atoms with Crippen LogP contribution in [0.4, 0.5) is 5.69 Å². The summed E-state index contributed by atoms with van der Waals surface area (Å²) in [6.07, 6.45) is 9.74. The predicted octanol–water partition coefficient (Wildman–Crippen LogP) is 4.04. The number of hydrogen-bond acceptors (Lipinski definition) is 9. The molecule has 232 valence electrons. The number of nitrogens with zero attached hydrogens (tertiary/aromatic N) is 2. The molecule has 1 spiro atoms. The number of rotatable bonds is 7. The third-order valence-electron chi connectivity index (χ3n) is 11.3. The number of aromatic hydroxyl groups is 1. The fourth-order valence-corrected chi connectivity index (χ4v) is 9.07. The number of ketones is 3. The Hall–Kier alpha value is -3.17. The van der Waals surface area contributed by atoms with Gasteiger partial charge in [0, 0.05) is 31.3 Å². The third-order valence-corrected chi connectivity index (χ3v) is 11.3. The Balaban J connectivity index is 1.39. The predicted molar refractivity (Wildman–Crippen MR) is 162 cm³/mol. The van der Waals surface area contributed by atoms with Gasteiger partial charge in [0.1, 0.15) is 22.8 Å². The van der Waals surface area contributed by atoms with Gasteiger partial charge < -0.3 is 25.3 Å². The van der Waals surface area contributed by atoms with Crippen LogP contribution < -0.4 is 4.90 Å². The van der Waals surface area contributed by atoms with Gasteiger partial charge in [-0.05, 0) is 107 Å². The molecule has 0 aromatic heterocycles. The van der Waals surface area contributed by atoms with E-state index in [1.807, 2.05) is 25.1 Å². The lowest BCUT2D eigenvalue weighted by atomic mass is 9.51. The number of anilines is 1. The number of phenolic OH excluding ortho intramolecular Hbond substituents is 1. The SMILES string of the molecule is CC(=O)C1=C(O)[C@@]2(O)C(=O)C3=C(O)c4c(O)c(CCCC5CC6(CCC6)C5)cc(N(C)C)c4C[C@H]3C[C@H]2[C@H](N(C)C)C1=O. The summed E-state index contributed by atoms with van der Waals surface area (Å²) in [4.78, 5) is 43.5. The number of aliphatic hydroxyl groups excluding tert-OH is 2. The van der Waals surface area contributed by atoms with Crippen LogP contribution >= 0.6 is 0 Å². The molecule has 6 rings (SSSR count). The highest BCUT2D eigenvalue weighted by Gasteiger charge is 2.64. The van der Waals surface area contributed by atoms with Gasteiger partial charge in [-0.25, -0.2) is 0 Å². The van der Waals surface area contributed by atoms with Gasteiger partial charge in [0.05, 0.1) is 11.6 Å². The molecule has 9 nitrogen and oxygen atoms in total. The van der Waals surface area contributed by atoms with Crippen molar-refractivity contribution in [2.24, 2.45) is 23.2 Å². The Kier molecular flexibility index (Phi) is 7.08. The van der Waals surface area contributed by atoms with E-state index in [2.05, 4.69) is 0 Å². The van der Waals surface area contributed by atoms with Crippen molar-refractivity contribution in [1.82, 2.24) is 4.90 Å². The zero-order chi connectivity index (χ0) is 31.2. The zero-order valence-corrected chi connectivity index (χ0v) is 25.9. The van der Waals surface area contributed by atoms with Crippen molar-refractivity contribution in [2.45, 2.75) is 82.8 Å². The second-order valence-corrected chi connectivity index (χ2v) is 14.3. The summed E-state index contributed by atoms with van der Waals surface area (Å²) < 4.78 is 0. The molecule has 5 aliphatic rings. The van der Waals surface area contributed by atoms with Crippen LogP contribution in [0.15, 0.2) is 23.0 Å². The molecule has 0 heterocycles. The van der Waals surface area contributed by atoms with Crippen molar-refractivity contribution < 1.29 is 34.8 Å². The number of carbonyl (C=O) groups is 3. The number of carbonyl (C=O) groups excluding carboxylic acids is 3. The Labute approximate surface area is 252 Å². The molecule has 3 fully saturated rings. The minimum atomic E-state index is -2.56. The van der Waals surface area contributed by atoms with Crippen LogP contribution in [0.25, 0.3) is 5.76 Å². The second kappa shape index (κ2) is 10.2. The summed E-state index contributed by atoms with van der Waals surface area (Å²) in [5.41, 5.74) is -0.180. The maximum atomic E-state index is 14.2. The quantitative estimate of drug-likeness (QED) is 0.346. The summed E-state index contributed by atoms with van der Waals surface area (Å²) in [6.45, 7) is 1.11. The number of aliphatic hydroxyl groups is 3. The monoisotopic (exact) mass is 592 g/mol. The molecular weight excluding hydrogens is 548 g/mol. The summed E-state index contributed by atoms with van der Waals surface area (Å²) in [5, 5.41) is 46.3. The van der Waals surface area contributed by atoms with E-state index < -0.39 is 57.9 Å². The highest BCUT2D eigenvalue weighted by Crippen LogP contribution is 2.60. The minimum Gasteiger partial charge on any atom is -0.508 e. The average Bonchev–Trinajstić information content (AvgIpc) is 2.87. The van der Waals surface area contributed by atoms with E-state index in [-0.39, 0.29) is 23.3 Å². The number of Topliss-reactive ketones (excluding diaryl/α,β-unsaturated/α-hetero) is 3. The maximum absolute atomic E-state index is 14.2. The summed E-state index contributed by atoms with van der Waals surface area (Å²) in [5.74, 6) is -4.60. The Bertz CT molecular complexity index is 1480. The van der Waals surface area contributed by atoms with Crippen molar-refractivity contribution in [3.8, 4) is 5.75 Å². The first-order valence-electron chi connectivity index (χ1n) is 15.6. The number of phenols is 1. The number of hydrogen-bond donors (Lipinski definition) is 4. The second-order valence-electron chi connectivity index (χ2n) is 14.3. The Morgan fingerprint density at radius 1 is 1.07 bits per heavy atom. The number of benzene rings is 1. The largest absolute Gasteiger partial charge is 0.508 e. The minimum absolute atomic E-state index is 0.0655. The average molecular weight is 593 g/mol. The molecule has 5 aliphatic carbocycles. The summed E-state index contributed by atoms with van der Waals surface area (Å²) in [6, 6.07) is 0.954. The zero-order valence-electron chi connectivity index (χ0n) is 25.9. The molecule has 43 heavy (non-hydrogen) atoms. The lowest BCUT2D eigenvalue weighted by Crippen LogP contribution is -2.65. The molecule has 0 aliphatic heterocycles. The van der Waals surface area contributed by atoms with Crippen LogP contribution in [0.2, 0.25) is 0 Å². The molecule has 3 saturated carbocycles. The van der Waals surface area contributed by atoms with Crippen LogP contribution in [0.5, 0.6) is 5.75 Å². The number of aryl methyl sites for hydroxylation is 1. The molecule has 0 radical (unpaired) electrons. The van der Waals surface area contributed by atoms with Gasteiger partial charge in [-0.1, -0.05) is 12.8 Å². The molecular formula is C34H44N2O7. The topological polar surface area (TPSA) is 139 Å². The first-order chi connectivity index (χ1) is 20.2. The van der Waals surface area contributed by atoms with Crippen LogP contribution in [-0.2, 0) is 27.2 Å². The van der Waals surface area contributed by atoms with Gasteiger partial charge in [-0.3, -0.25) is 19.3 Å². The van der Waals surface area contributed by atoms with E-state index in [9.17, 15) is 34.8 Å². The smallest absolute Gasteiger partial charge is 0.202 e. The maximum Gasteiger partial charge on any atom is 0.202 e. The summed E-state index contributed by atoms with van der Waals surface area (Å²) in [7, 11) is 7.06. The first kappa shape index (κ1) is 29.9. The van der Waals surface area contributed by atoms with Crippen LogP contribution in [0, 0.1) is 23.2 Å². The molecule has 1 aromatic rings. The van der Waals surface area contributed by atoms with Crippen LogP contribution in [0.1, 0.15) is 75.0 Å². The fourth-order valence-electron chi connectivity index (χ4n) is 9.07. The number of likely N-dealkylation sites (N-methyl/N-ethyl adjacent to an activating group) is 1. The van der Waals surface area contributed by atoms with E-state index in [1.165, 1.54) is 32.1 Å². The molecule has 0 unspecified atom stereocenters. The lowest BCUT2D eigenvalue weighted by molar-refractivity contribution is -0.153. The molecule has 0 amide bonds. The Morgan fingerprint density at radius 2 is 1.74 bits per heavy atom. The Morgan fingerprint density at radius 3 is 2.30 bits per heavy atom. The van der Waals surface area contributed by atoms with E-state index in [0.29, 0.717) is 29.4 Å².